The van der Waals surface area contributed by atoms with Gasteiger partial charge in [0.05, 0.1) is 23.8 Å². The first kappa shape index (κ1) is 21.5. The van der Waals surface area contributed by atoms with Gasteiger partial charge in [-0.25, -0.2) is 9.86 Å². The topological polar surface area (TPSA) is 78.3 Å². The number of hydrogen-bond donors (Lipinski definition) is 1. The van der Waals surface area contributed by atoms with Crippen molar-refractivity contribution in [1.82, 2.24) is 10.0 Å². The first-order valence-electron chi connectivity index (χ1n) is 10.5. The van der Waals surface area contributed by atoms with Crippen molar-refractivity contribution < 1.29 is 14.4 Å². The molecule has 0 radical (unpaired) electrons. The van der Waals surface area contributed by atoms with Crippen LogP contribution >= 0.6 is 0 Å². The van der Waals surface area contributed by atoms with E-state index in [4.69, 9.17) is 14.8 Å². The largest absolute Gasteiger partial charge is 0.483 e. The highest BCUT2D eigenvalue weighted by molar-refractivity contribution is 6.00. The Hall–Kier alpha value is -3.78. The van der Waals surface area contributed by atoms with Crippen LogP contribution in [0.4, 0.5) is 0 Å². The van der Waals surface area contributed by atoms with E-state index in [0.29, 0.717) is 30.0 Å². The summed E-state index contributed by atoms with van der Waals surface area (Å²) in [7, 11) is 0. The fourth-order valence-electron chi connectivity index (χ4n) is 3.93. The van der Waals surface area contributed by atoms with Gasteiger partial charge in [0.2, 0.25) is 0 Å². The molecule has 2 aromatic carbocycles. The van der Waals surface area contributed by atoms with Crippen molar-refractivity contribution >= 4 is 22.9 Å². The second kappa shape index (κ2) is 8.39. The van der Waals surface area contributed by atoms with E-state index >= 15 is 0 Å². The van der Waals surface area contributed by atoms with Gasteiger partial charge in [-0.3, -0.25) is 4.84 Å². The molecule has 1 saturated heterocycles. The van der Waals surface area contributed by atoms with Crippen molar-refractivity contribution in [2.75, 3.05) is 6.54 Å². The zero-order valence-corrected chi connectivity index (χ0v) is 18.4. The van der Waals surface area contributed by atoms with Crippen LogP contribution in [0.1, 0.15) is 38.4 Å². The van der Waals surface area contributed by atoms with Crippen molar-refractivity contribution in [2.45, 2.75) is 38.9 Å². The molecule has 0 spiro atoms. The van der Waals surface area contributed by atoms with Crippen LogP contribution in [0.2, 0.25) is 0 Å². The number of aromatic nitrogens is 1. The minimum atomic E-state index is -0.408. The van der Waals surface area contributed by atoms with Crippen LogP contribution in [-0.4, -0.2) is 34.2 Å². The fraction of sp³-hybridized carbons (Fsp3) is 0.269. The predicted octanol–water partition coefficient (Wildman–Crippen LogP) is 5.25. The fourth-order valence-corrected chi connectivity index (χ4v) is 3.93. The smallest absolute Gasteiger partial charge is 0.165 e. The minimum absolute atomic E-state index is 0.378. The first-order valence-corrected chi connectivity index (χ1v) is 10.5. The Morgan fingerprint density at radius 3 is 2.59 bits per heavy atom. The Kier molecular flexibility index (Phi) is 5.63. The van der Waals surface area contributed by atoms with Crippen LogP contribution in [0.5, 0.6) is 5.75 Å². The van der Waals surface area contributed by atoms with E-state index in [1.807, 2.05) is 69.2 Å². The normalized spacial score (nSPS) is 16.1. The molecular weight excluding hydrogens is 402 g/mol. The van der Waals surface area contributed by atoms with Crippen LogP contribution < -0.4 is 4.74 Å². The molecule has 6 heteroatoms. The van der Waals surface area contributed by atoms with E-state index in [2.05, 4.69) is 17.6 Å². The van der Waals surface area contributed by atoms with Crippen molar-refractivity contribution in [1.29, 1.82) is 5.26 Å². The number of nitrogens with one attached hydrogen (secondary N) is 1. The third-order valence-corrected chi connectivity index (χ3v) is 5.24. The Bertz CT molecular complexity index is 1250. The van der Waals surface area contributed by atoms with Crippen molar-refractivity contribution in [3.63, 3.8) is 0 Å². The maximum absolute atomic E-state index is 11.6. The van der Waals surface area contributed by atoms with E-state index in [9.17, 15) is 4.79 Å². The van der Waals surface area contributed by atoms with Crippen LogP contribution in [0.15, 0.2) is 54.7 Å². The molecule has 1 aromatic heterocycles. The SMILES string of the molecule is C=Cc1[nH]c2cc(C#N)ccc2c1-c1ccc(O[C@H]2CCN(OC(C)(C)C)C2=C=O)cc1. The third-order valence-electron chi connectivity index (χ3n) is 5.24. The summed E-state index contributed by atoms with van der Waals surface area (Å²) < 4.78 is 6.09. The molecule has 0 aliphatic carbocycles. The highest BCUT2D eigenvalue weighted by Gasteiger charge is 2.34. The maximum atomic E-state index is 11.6. The quantitative estimate of drug-likeness (QED) is 0.563. The minimum Gasteiger partial charge on any atom is -0.483 e. The van der Waals surface area contributed by atoms with Crippen LogP contribution in [0.25, 0.3) is 28.1 Å². The molecule has 1 atom stereocenters. The lowest BCUT2D eigenvalue weighted by atomic mass is 10.0. The van der Waals surface area contributed by atoms with E-state index in [0.717, 1.165) is 27.7 Å². The molecule has 3 aromatic rings. The lowest BCUT2D eigenvalue weighted by molar-refractivity contribution is -0.198. The van der Waals surface area contributed by atoms with Gasteiger partial charge in [-0.2, -0.15) is 5.26 Å². The molecule has 32 heavy (non-hydrogen) atoms. The summed E-state index contributed by atoms with van der Waals surface area (Å²) in [6.45, 7) is 10.3. The van der Waals surface area contributed by atoms with Gasteiger partial charge in [-0.15, -0.1) is 0 Å². The Balaban J connectivity index is 1.58. The first-order chi connectivity index (χ1) is 15.3. The predicted molar refractivity (Wildman–Crippen MR) is 124 cm³/mol. The number of nitriles is 1. The highest BCUT2D eigenvalue weighted by Crippen LogP contribution is 2.35. The van der Waals surface area contributed by atoms with Gasteiger partial charge in [0, 0.05) is 28.6 Å². The second-order valence-electron chi connectivity index (χ2n) is 8.70. The monoisotopic (exact) mass is 427 g/mol. The van der Waals surface area contributed by atoms with Crippen LogP contribution in [-0.2, 0) is 9.63 Å². The number of benzene rings is 2. The average Bonchev–Trinajstić information content (AvgIpc) is 3.32. The van der Waals surface area contributed by atoms with Crippen LogP contribution in [0, 0.1) is 11.3 Å². The Morgan fingerprint density at radius 1 is 1.22 bits per heavy atom. The highest BCUT2D eigenvalue weighted by atomic mass is 16.7. The standard InChI is InChI=1S/C26H25N3O3/c1-5-21-25(20-11-6-17(15-27)14-22(20)28-21)18-7-9-19(10-8-18)31-24-12-13-29(23(24)16-30)32-26(2,3)4/h5-11,14,24,28H,1,12-13H2,2-4H3/t24-/m0/s1. The Morgan fingerprint density at radius 2 is 1.97 bits per heavy atom. The lowest BCUT2D eigenvalue weighted by Crippen LogP contribution is -2.32. The summed E-state index contributed by atoms with van der Waals surface area (Å²) in [6, 6.07) is 15.5. The van der Waals surface area contributed by atoms with E-state index < -0.39 is 11.7 Å². The zero-order valence-electron chi connectivity index (χ0n) is 18.4. The lowest BCUT2D eigenvalue weighted by Gasteiger charge is -2.27. The number of hydrogen-bond acceptors (Lipinski definition) is 5. The molecule has 162 valence electrons. The number of H-pyrrole nitrogens is 1. The molecule has 0 unspecified atom stereocenters. The number of hydroxylamine groups is 2. The summed E-state index contributed by atoms with van der Waals surface area (Å²) in [6.07, 6.45) is 2.02. The van der Waals surface area contributed by atoms with Gasteiger partial charge >= 0.3 is 0 Å². The van der Waals surface area contributed by atoms with Gasteiger partial charge in [0.1, 0.15) is 5.75 Å². The second-order valence-corrected chi connectivity index (χ2v) is 8.70. The van der Waals surface area contributed by atoms with Crippen molar-refractivity contribution in [3.8, 4) is 22.9 Å². The molecule has 1 N–H and O–H groups in total. The third kappa shape index (κ3) is 4.17. The summed E-state index contributed by atoms with van der Waals surface area (Å²) in [4.78, 5) is 20.7. The molecule has 0 amide bonds. The molecule has 6 nitrogen and oxygen atoms in total. The molecule has 1 fully saturated rings. The summed E-state index contributed by atoms with van der Waals surface area (Å²) >= 11 is 0. The van der Waals surface area contributed by atoms with Gasteiger partial charge in [-0.05, 0) is 56.7 Å². The molecule has 1 aliphatic rings. The number of rotatable bonds is 5. The number of carbonyl (C=O) groups excluding carboxylic acids is 1. The molecular formula is C26H25N3O3. The number of aromatic amines is 1. The maximum Gasteiger partial charge on any atom is 0.165 e. The van der Waals surface area contributed by atoms with Gasteiger partial charge in [0.25, 0.3) is 0 Å². The van der Waals surface area contributed by atoms with Crippen LogP contribution in [0.3, 0.4) is 0 Å². The molecule has 4 rings (SSSR count). The summed E-state index contributed by atoms with van der Waals surface area (Å²) in [5.41, 5.74) is 4.37. The number of ether oxygens (including phenoxy) is 1. The summed E-state index contributed by atoms with van der Waals surface area (Å²) in [5, 5.41) is 11.8. The van der Waals surface area contributed by atoms with E-state index in [1.54, 1.807) is 11.1 Å². The zero-order chi connectivity index (χ0) is 22.9. The van der Waals surface area contributed by atoms with Gasteiger partial charge in [0.15, 0.2) is 17.7 Å². The van der Waals surface area contributed by atoms with E-state index in [1.165, 1.54) is 0 Å². The number of fused-ring (bicyclic) bond motifs is 1. The van der Waals surface area contributed by atoms with Gasteiger partial charge in [-0.1, -0.05) is 24.8 Å². The summed E-state index contributed by atoms with van der Waals surface area (Å²) in [5.74, 6) is 2.65. The Labute approximate surface area is 187 Å². The molecule has 1 aliphatic heterocycles. The van der Waals surface area contributed by atoms with E-state index in [-0.39, 0.29) is 0 Å². The van der Waals surface area contributed by atoms with Crippen molar-refractivity contribution in [3.05, 3.63) is 66.0 Å². The molecule has 2 heterocycles. The molecule has 0 bridgehead atoms. The van der Waals surface area contributed by atoms with Gasteiger partial charge < -0.3 is 9.72 Å². The average molecular weight is 428 g/mol. The number of nitrogens with zero attached hydrogens (tertiary/aromatic N) is 2. The van der Waals surface area contributed by atoms with Crippen molar-refractivity contribution in [2.24, 2.45) is 0 Å². The molecule has 0 saturated carbocycles.